The summed E-state index contributed by atoms with van der Waals surface area (Å²) in [5, 5.41) is 8.56. The number of rotatable bonds is 8. The zero-order valence-electron chi connectivity index (χ0n) is 11.2. The van der Waals surface area contributed by atoms with Gasteiger partial charge in [0.2, 0.25) is 0 Å². The SMILES string of the molecule is CCN(CC)C1CCN(CCCCC(=O)O)C1. The normalized spacial score (nSPS) is 21.2. The van der Waals surface area contributed by atoms with Crippen molar-refractivity contribution in [3.05, 3.63) is 0 Å². The number of hydrogen-bond acceptors (Lipinski definition) is 3. The van der Waals surface area contributed by atoms with Crippen LogP contribution < -0.4 is 0 Å². The van der Waals surface area contributed by atoms with Gasteiger partial charge in [-0.1, -0.05) is 13.8 Å². The second kappa shape index (κ2) is 7.67. The van der Waals surface area contributed by atoms with Gasteiger partial charge in [0.15, 0.2) is 0 Å². The maximum atomic E-state index is 10.4. The van der Waals surface area contributed by atoms with Gasteiger partial charge >= 0.3 is 5.97 Å². The topological polar surface area (TPSA) is 43.8 Å². The van der Waals surface area contributed by atoms with Crippen LogP contribution in [0.15, 0.2) is 0 Å². The number of likely N-dealkylation sites (tertiary alicyclic amines) is 1. The molecule has 0 bridgehead atoms. The molecule has 4 heteroatoms. The van der Waals surface area contributed by atoms with Crippen LogP contribution in [0.5, 0.6) is 0 Å². The maximum absolute atomic E-state index is 10.4. The lowest BCUT2D eigenvalue weighted by molar-refractivity contribution is -0.137. The van der Waals surface area contributed by atoms with Crippen LogP contribution in [0.1, 0.15) is 39.5 Å². The molecule has 0 aliphatic carbocycles. The Kier molecular flexibility index (Phi) is 6.52. The van der Waals surface area contributed by atoms with Gasteiger partial charge in [-0.05, 0) is 45.4 Å². The smallest absolute Gasteiger partial charge is 0.303 e. The Bertz CT molecular complexity index is 229. The van der Waals surface area contributed by atoms with Crippen LogP contribution in [0.4, 0.5) is 0 Å². The number of carboxylic acids is 1. The van der Waals surface area contributed by atoms with E-state index in [0.717, 1.165) is 39.0 Å². The van der Waals surface area contributed by atoms with E-state index < -0.39 is 5.97 Å². The van der Waals surface area contributed by atoms with Crippen molar-refractivity contribution in [3.8, 4) is 0 Å². The summed E-state index contributed by atoms with van der Waals surface area (Å²) in [4.78, 5) is 15.4. The minimum absolute atomic E-state index is 0.313. The lowest BCUT2D eigenvalue weighted by Gasteiger charge is -2.26. The van der Waals surface area contributed by atoms with Gasteiger partial charge in [0, 0.05) is 19.0 Å². The molecule has 1 aliphatic heterocycles. The van der Waals surface area contributed by atoms with Crippen molar-refractivity contribution in [3.63, 3.8) is 0 Å². The Morgan fingerprint density at radius 1 is 1.35 bits per heavy atom. The zero-order chi connectivity index (χ0) is 12.7. The van der Waals surface area contributed by atoms with Gasteiger partial charge in [-0.3, -0.25) is 9.69 Å². The monoisotopic (exact) mass is 242 g/mol. The van der Waals surface area contributed by atoms with E-state index in [9.17, 15) is 4.79 Å². The molecule has 1 heterocycles. The number of carbonyl (C=O) groups is 1. The Morgan fingerprint density at radius 3 is 2.65 bits per heavy atom. The molecule has 4 nitrogen and oxygen atoms in total. The zero-order valence-corrected chi connectivity index (χ0v) is 11.2. The third kappa shape index (κ3) is 5.04. The van der Waals surface area contributed by atoms with E-state index in [2.05, 4.69) is 23.6 Å². The summed E-state index contributed by atoms with van der Waals surface area (Å²) in [6.07, 6.45) is 3.40. The minimum Gasteiger partial charge on any atom is -0.481 e. The van der Waals surface area contributed by atoms with E-state index in [-0.39, 0.29) is 0 Å². The van der Waals surface area contributed by atoms with Gasteiger partial charge in [0.1, 0.15) is 0 Å². The first-order chi connectivity index (χ1) is 8.17. The number of nitrogens with zero attached hydrogens (tertiary/aromatic N) is 2. The summed E-state index contributed by atoms with van der Waals surface area (Å²) in [6, 6.07) is 0.712. The quantitative estimate of drug-likeness (QED) is 0.657. The van der Waals surface area contributed by atoms with E-state index in [1.165, 1.54) is 13.0 Å². The largest absolute Gasteiger partial charge is 0.481 e. The summed E-state index contributed by atoms with van der Waals surface area (Å²) in [5.41, 5.74) is 0. The van der Waals surface area contributed by atoms with Crippen molar-refractivity contribution < 1.29 is 9.90 Å². The van der Waals surface area contributed by atoms with Gasteiger partial charge in [-0.15, -0.1) is 0 Å². The van der Waals surface area contributed by atoms with Crippen molar-refractivity contribution in [2.45, 2.75) is 45.6 Å². The Morgan fingerprint density at radius 2 is 2.06 bits per heavy atom. The molecule has 0 aromatic heterocycles. The number of likely N-dealkylation sites (N-methyl/N-ethyl adjacent to an activating group) is 1. The lowest BCUT2D eigenvalue weighted by Crippen LogP contribution is -2.37. The lowest BCUT2D eigenvalue weighted by atomic mass is 10.2. The fourth-order valence-corrected chi connectivity index (χ4v) is 2.66. The number of aliphatic carboxylic acids is 1. The average molecular weight is 242 g/mol. The van der Waals surface area contributed by atoms with Gasteiger partial charge in [0.05, 0.1) is 0 Å². The highest BCUT2D eigenvalue weighted by Crippen LogP contribution is 2.15. The molecule has 1 rings (SSSR count). The second-order valence-corrected chi connectivity index (χ2v) is 4.82. The highest BCUT2D eigenvalue weighted by atomic mass is 16.4. The van der Waals surface area contributed by atoms with E-state index in [1.807, 2.05) is 0 Å². The molecule has 0 amide bonds. The molecule has 1 aliphatic rings. The van der Waals surface area contributed by atoms with E-state index in [0.29, 0.717) is 12.5 Å². The van der Waals surface area contributed by atoms with E-state index in [1.54, 1.807) is 0 Å². The Hall–Kier alpha value is -0.610. The molecule has 1 fully saturated rings. The van der Waals surface area contributed by atoms with E-state index >= 15 is 0 Å². The second-order valence-electron chi connectivity index (χ2n) is 4.82. The summed E-state index contributed by atoms with van der Waals surface area (Å²) in [6.45, 7) is 10.1. The van der Waals surface area contributed by atoms with Crippen molar-refractivity contribution in [1.82, 2.24) is 9.80 Å². The molecule has 1 unspecified atom stereocenters. The third-order valence-corrected chi connectivity index (χ3v) is 3.69. The first-order valence-corrected chi connectivity index (χ1v) is 6.85. The van der Waals surface area contributed by atoms with Gasteiger partial charge < -0.3 is 10.0 Å². The van der Waals surface area contributed by atoms with Crippen molar-refractivity contribution in [2.75, 3.05) is 32.7 Å². The predicted molar refractivity (Wildman–Crippen MR) is 69.3 cm³/mol. The maximum Gasteiger partial charge on any atom is 0.303 e. The van der Waals surface area contributed by atoms with Crippen LogP contribution >= 0.6 is 0 Å². The van der Waals surface area contributed by atoms with Crippen LogP contribution in [0.3, 0.4) is 0 Å². The molecule has 0 spiro atoms. The highest BCUT2D eigenvalue weighted by molar-refractivity contribution is 5.66. The number of unbranched alkanes of at least 4 members (excludes halogenated alkanes) is 1. The highest BCUT2D eigenvalue weighted by Gasteiger charge is 2.25. The van der Waals surface area contributed by atoms with Crippen LogP contribution in [0.2, 0.25) is 0 Å². The third-order valence-electron chi connectivity index (χ3n) is 3.69. The van der Waals surface area contributed by atoms with Crippen LogP contribution in [-0.2, 0) is 4.79 Å². The first kappa shape index (κ1) is 14.5. The van der Waals surface area contributed by atoms with Crippen LogP contribution in [0, 0.1) is 0 Å². The van der Waals surface area contributed by atoms with Gasteiger partial charge in [-0.2, -0.15) is 0 Å². The van der Waals surface area contributed by atoms with Crippen LogP contribution in [-0.4, -0.2) is 59.6 Å². The summed E-state index contributed by atoms with van der Waals surface area (Å²) in [7, 11) is 0. The fourth-order valence-electron chi connectivity index (χ4n) is 2.66. The molecule has 0 saturated carbocycles. The number of hydrogen-bond donors (Lipinski definition) is 1. The molecule has 0 radical (unpaired) electrons. The first-order valence-electron chi connectivity index (χ1n) is 6.85. The van der Waals surface area contributed by atoms with Gasteiger partial charge in [0.25, 0.3) is 0 Å². The molecule has 0 aromatic carbocycles. The number of carboxylic acid groups (broad SMARTS) is 1. The Labute approximate surface area is 105 Å². The van der Waals surface area contributed by atoms with Crippen molar-refractivity contribution in [2.24, 2.45) is 0 Å². The summed E-state index contributed by atoms with van der Waals surface area (Å²) < 4.78 is 0. The fraction of sp³-hybridized carbons (Fsp3) is 0.923. The molecule has 1 saturated heterocycles. The molecule has 100 valence electrons. The standard InChI is InChI=1S/C13H26N2O2/c1-3-15(4-2)12-8-10-14(11-12)9-6-5-7-13(16)17/h12H,3-11H2,1-2H3,(H,16,17). The van der Waals surface area contributed by atoms with E-state index in [4.69, 9.17) is 5.11 Å². The van der Waals surface area contributed by atoms with Crippen molar-refractivity contribution in [1.29, 1.82) is 0 Å². The molecular formula is C13H26N2O2. The summed E-state index contributed by atoms with van der Waals surface area (Å²) in [5.74, 6) is -0.674. The molecule has 1 atom stereocenters. The van der Waals surface area contributed by atoms with Crippen LogP contribution in [0.25, 0.3) is 0 Å². The van der Waals surface area contributed by atoms with Crippen molar-refractivity contribution >= 4 is 5.97 Å². The average Bonchev–Trinajstić information content (AvgIpc) is 2.75. The van der Waals surface area contributed by atoms with Gasteiger partial charge in [-0.25, -0.2) is 0 Å². The molecule has 0 aromatic rings. The molecular weight excluding hydrogens is 216 g/mol. The Balaban J connectivity index is 2.15. The minimum atomic E-state index is -0.674. The molecule has 17 heavy (non-hydrogen) atoms. The molecule has 1 N–H and O–H groups in total. The predicted octanol–water partition coefficient (Wildman–Crippen LogP) is 1.66. The summed E-state index contributed by atoms with van der Waals surface area (Å²) >= 11 is 0.